The number of benzene rings is 1. The number of thioether (sulfide) groups is 1. The van der Waals surface area contributed by atoms with Crippen LogP contribution >= 0.6 is 11.8 Å². The molecule has 4 aliphatic heterocycles. The van der Waals surface area contributed by atoms with Gasteiger partial charge in [0, 0.05) is 42.8 Å². The molecular formula is C30H40N4O5S. The van der Waals surface area contributed by atoms with Crippen molar-refractivity contribution in [1.29, 1.82) is 0 Å². The minimum absolute atomic E-state index is 0.118. The van der Waals surface area contributed by atoms with Crippen LogP contribution in [0.1, 0.15) is 38.5 Å². The average Bonchev–Trinajstić information content (AvgIpc) is 3.61. The first-order valence-electron chi connectivity index (χ1n) is 14.7. The van der Waals surface area contributed by atoms with Crippen LogP contribution in [0.15, 0.2) is 41.3 Å². The number of carbonyl (C=O) groups excluding carboxylic acids is 3. The summed E-state index contributed by atoms with van der Waals surface area (Å²) in [6.07, 6.45) is 11.3. The fourth-order valence-corrected chi connectivity index (χ4v) is 7.71. The predicted octanol–water partition coefficient (Wildman–Crippen LogP) is 2.67. The number of likely N-dealkylation sites (tertiary alicyclic amines) is 1. The highest BCUT2D eigenvalue weighted by Gasteiger charge is 2.72. The molecule has 1 aromatic rings. The predicted molar refractivity (Wildman–Crippen MR) is 153 cm³/mol. The van der Waals surface area contributed by atoms with E-state index in [-0.39, 0.29) is 23.8 Å². The number of hydrogen-bond acceptors (Lipinski definition) is 7. The largest absolute Gasteiger partial charge is 0.379 e. The van der Waals surface area contributed by atoms with E-state index < -0.39 is 29.6 Å². The van der Waals surface area contributed by atoms with Gasteiger partial charge in [0.05, 0.1) is 31.2 Å². The van der Waals surface area contributed by atoms with Crippen LogP contribution in [0.25, 0.3) is 0 Å². The van der Waals surface area contributed by atoms with Gasteiger partial charge in [-0.05, 0) is 43.7 Å². The summed E-state index contributed by atoms with van der Waals surface area (Å²) in [6.45, 7) is 4.47. The van der Waals surface area contributed by atoms with Crippen LogP contribution in [-0.4, -0.2) is 97.0 Å². The highest BCUT2D eigenvalue weighted by atomic mass is 32.2. The van der Waals surface area contributed by atoms with Gasteiger partial charge in [-0.3, -0.25) is 19.3 Å². The number of ether oxygens (including phenoxy) is 2. The minimum atomic E-state index is -1.12. The number of amides is 3. The van der Waals surface area contributed by atoms with Crippen molar-refractivity contribution in [3.8, 4) is 0 Å². The third kappa shape index (κ3) is 5.19. The molecule has 0 unspecified atom stereocenters. The van der Waals surface area contributed by atoms with Gasteiger partial charge in [0.15, 0.2) is 0 Å². The summed E-state index contributed by atoms with van der Waals surface area (Å²) in [5.41, 5.74) is -0.431. The Bertz CT molecular complexity index is 1150. The summed E-state index contributed by atoms with van der Waals surface area (Å²) in [5.74, 6) is -1.97. The summed E-state index contributed by atoms with van der Waals surface area (Å²) in [7, 11) is 0. The van der Waals surface area contributed by atoms with Crippen molar-refractivity contribution in [2.75, 3.05) is 51.0 Å². The first kappa shape index (κ1) is 27.8. The Morgan fingerprint density at radius 2 is 1.90 bits per heavy atom. The van der Waals surface area contributed by atoms with Crippen molar-refractivity contribution in [3.63, 3.8) is 0 Å². The third-order valence-corrected chi connectivity index (χ3v) is 9.92. The van der Waals surface area contributed by atoms with Crippen LogP contribution in [0.2, 0.25) is 0 Å². The second-order valence-electron chi connectivity index (χ2n) is 11.6. The molecule has 2 bridgehead atoms. The molecule has 3 amide bonds. The maximum absolute atomic E-state index is 14.1. The van der Waals surface area contributed by atoms with Crippen LogP contribution in [0.3, 0.4) is 0 Å². The zero-order valence-electron chi connectivity index (χ0n) is 23.2. The maximum atomic E-state index is 14.1. The lowest BCUT2D eigenvalue weighted by Gasteiger charge is -2.34. The summed E-state index contributed by atoms with van der Waals surface area (Å²) in [4.78, 5) is 46.9. The molecule has 4 heterocycles. The molecule has 3 saturated heterocycles. The van der Waals surface area contributed by atoms with Crippen molar-refractivity contribution in [2.45, 2.75) is 67.2 Å². The van der Waals surface area contributed by atoms with E-state index in [9.17, 15) is 14.4 Å². The molecule has 1 aromatic carbocycles. The molecule has 6 rings (SSSR count). The number of hydrogen-bond donors (Lipinski definition) is 2. The van der Waals surface area contributed by atoms with Gasteiger partial charge in [-0.1, -0.05) is 37.5 Å². The number of fused-ring (bicyclic) bond motifs is 1. The van der Waals surface area contributed by atoms with E-state index in [1.807, 2.05) is 42.7 Å². The standard InChI is InChI=1S/C30H40N4O5S/c1-40-22-10-5-9-21(19-22)32-27(35)24-23-11-12-30(39-23)25(24)29(37)34(14-6-13-33-15-17-38-18-16-33)26(30)28(36)31-20-7-3-2-4-8-20/h5,9-12,19-20,23-26H,2-4,6-8,13-18H2,1H3,(H,31,36)(H,32,35)/t23-,24+,25-,26-,30-/m0/s1. The number of nitrogens with one attached hydrogen (secondary N) is 2. The van der Waals surface area contributed by atoms with Gasteiger partial charge < -0.3 is 25.0 Å². The minimum Gasteiger partial charge on any atom is -0.379 e. The fraction of sp³-hybridized carbons (Fsp3) is 0.633. The van der Waals surface area contributed by atoms with Crippen LogP contribution in [0.4, 0.5) is 5.69 Å². The van der Waals surface area contributed by atoms with Crippen molar-refractivity contribution in [3.05, 3.63) is 36.4 Å². The highest BCUT2D eigenvalue weighted by Crippen LogP contribution is 2.55. The maximum Gasteiger partial charge on any atom is 0.246 e. The van der Waals surface area contributed by atoms with Crippen molar-refractivity contribution in [2.24, 2.45) is 11.8 Å². The summed E-state index contributed by atoms with van der Waals surface area (Å²) in [5, 5.41) is 6.29. The first-order chi connectivity index (χ1) is 19.5. The summed E-state index contributed by atoms with van der Waals surface area (Å²) < 4.78 is 12.0. The fourth-order valence-electron chi connectivity index (χ4n) is 7.25. The van der Waals surface area contributed by atoms with Crippen molar-refractivity contribution >= 4 is 35.2 Å². The third-order valence-electron chi connectivity index (χ3n) is 9.19. The Hall–Kier alpha value is -2.40. The van der Waals surface area contributed by atoms with E-state index in [1.165, 1.54) is 6.42 Å². The molecule has 0 radical (unpaired) electrons. The SMILES string of the molecule is CSc1cccc(NC(=O)[C@@H]2[C@@H]3C=C[C@]4(O3)[C@@H]2C(=O)N(CCCN2CCOCC2)[C@H]4C(=O)NC2CCCCC2)c1. The lowest BCUT2D eigenvalue weighted by Crippen LogP contribution is -2.56. The molecule has 5 aliphatic rings. The van der Waals surface area contributed by atoms with Gasteiger partial charge in [-0.2, -0.15) is 0 Å². The van der Waals surface area contributed by atoms with Crippen molar-refractivity contribution < 1.29 is 23.9 Å². The number of rotatable bonds is 9. The van der Waals surface area contributed by atoms with Gasteiger partial charge in [-0.25, -0.2) is 0 Å². The van der Waals surface area contributed by atoms with Gasteiger partial charge in [0.25, 0.3) is 0 Å². The quantitative estimate of drug-likeness (QED) is 0.349. The van der Waals surface area contributed by atoms with E-state index in [0.29, 0.717) is 12.2 Å². The lowest BCUT2D eigenvalue weighted by atomic mass is 9.74. The summed E-state index contributed by atoms with van der Waals surface area (Å²) >= 11 is 1.60. The highest BCUT2D eigenvalue weighted by molar-refractivity contribution is 7.98. The van der Waals surface area contributed by atoms with E-state index in [4.69, 9.17) is 9.47 Å². The molecule has 216 valence electrons. The molecule has 2 N–H and O–H groups in total. The molecule has 40 heavy (non-hydrogen) atoms. The normalized spacial score (nSPS) is 31.9. The van der Waals surface area contributed by atoms with Gasteiger partial charge in [0.2, 0.25) is 17.7 Å². The number of morpholine rings is 1. The van der Waals surface area contributed by atoms with Crippen LogP contribution < -0.4 is 10.6 Å². The van der Waals surface area contributed by atoms with E-state index in [1.54, 1.807) is 16.7 Å². The Morgan fingerprint density at radius 3 is 2.67 bits per heavy atom. The van der Waals surface area contributed by atoms with Crippen LogP contribution in [0.5, 0.6) is 0 Å². The molecule has 1 spiro atoms. The molecule has 5 atom stereocenters. The average molecular weight is 569 g/mol. The monoisotopic (exact) mass is 568 g/mol. The van der Waals surface area contributed by atoms with E-state index in [0.717, 1.165) is 69.8 Å². The molecule has 1 saturated carbocycles. The van der Waals surface area contributed by atoms with Crippen LogP contribution in [-0.2, 0) is 23.9 Å². The second-order valence-corrected chi connectivity index (χ2v) is 12.5. The van der Waals surface area contributed by atoms with Gasteiger partial charge in [0.1, 0.15) is 11.6 Å². The number of nitrogens with zero attached hydrogens (tertiary/aromatic N) is 2. The number of anilines is 1. The smallest absolute Gasteiger partial charge is 0.246 e. The Kier molecular flexibility index (Phi) is 8.21. The Morgan fingerprint density at radius 1 is 1.10 bits per heavy atom. The molecule has 0 aromatic heterocycles. The van der Waals surface area contributed by atoms with Gasteiger partial charge >= 0.3 is 0 Å². The molecule has 10 heteroatoms. The van der Waals surface area contributed by atoms with Crippen molar-refractivity contribution in [1.82, 2.24) is 15.1 Å². The Labute approximate surface area is 240 Å². The first-order valence-corrected chi connectivity index (χ1v) is 16.0. The van der Waals surface area contributed by atoms with E-state index in [2.05, 4.69) is 15.5 Å². The van der Waals surface area contributed by atoms with Crippen LogP contribution in [0, 0.1) is 11.8 Å². The zero-order chi connectivity index (χ0) is 27.7. The van der Waals surface area contributed by atoms with E-state index >= 15 is 0 Å². The molecule has 4 fully saturated rings. The molecular weight excluding hydrogens is 528 g/mol. The lowest BCUT2D eigenvalue weighted by molar-refractivity contribution is -0.141. The van der Waals surface area contributed by atoms with Gasteiger partial charge in [-0.15, -0.1) is 11.8 Å². The zero-order valence-corrected chi connectivity index (χ0v) is 24.0. The topological polar surface area (TPSA) is 100 Å². The molecule has 1 aliphatic carbocycles. The molecule has 9 nitrogen and oxygen atoms in total. The number of carbonyl (C=O) groups is 3. The summed E-state index contributed by atoms with van der Waals surface area (Å²) in [6, 6.07) is 7.01. The Balaban J connectivity index is 1.23. The second kappa shape index (κ2) is 11.8.